The summed E-state index contributed by atoms with van der Waals surface area (Å²) in [5, 5.41) is 6.04. The van der Waals surface area contributed by atoms with Crippen LogP contribution in [0.1, 0.15) is 0 Å². The summed E-state index contributed by atoms with van der Waals surface area (Å²) in [6.07, 6.45) is 0. The minimum absolute atomic E-state index is 0.300. The highest BCUT2D eigenvalue weighted by Gasteiger charge is 2.21. The third-order valence-corrected chi connectivity index (χ3v) is 4.29. The van der Waals surface area contributed by atoms with Crippen LogP contribution < -0.4 is 10.5 Å². The van der Waals surface area contributed by atoms with Gasteiger partial charge in [-0.1, -0.05) is 33.2 Å². The monoisotopic (exact) mass is 350 g/mol. The minimum atomic E-state index is 0.300. The Morgan fingerprint density at radius 3 is 2.95 bits per heavy atom. The van der Waals surface area contributed by atoms with Crippen molar-refractivity contribution in [1.82, 2.24) is 5.16 Å². The SMILES string of the molecule is COc1ccsc1-c1noc(N)c1-c1cccc(Br)c1. The molecule has 0 aliphatic rings. The van der Waals surface area contributed by atoms with Crippen LogP contribution in [0.4, 0.5) is 5.88 Å². The van der Waals surface area contributed by atoms with Gasteiger partial charge in [-0.3, -0.25) is 0 Å². The van der Waals surface area contributed by atoms with E-state index in [1.54, 1.807) is 7.11 Å². The molecule has 2 N–H and O–H groups in total. The number of anilines is 1. The van der Waals surface area contributed by atoms with E-state index in [4.69, 9.17) is 15.0 Å². The summed E-state index contributed by atoms with van der Waals surface area (Å²) in [5.41, 5.74) is 8.37. The van der Waals surface area contributed by atoms with Gasteiger partial charge in [-0.25, -0.2) is 0 Å². The summed E-state index contributed by atoms with van der Waals surface area (Å²) in [6.45, 7) is 0. The van der Waals surface area contributed by atoms with Crippen LogP contribution in [0.15, 0.2) is 44.7 Å². The van der Waals surface area contributed by atoms with E-state index in [1.165, 1.54) is 11.3 Å². The predicted octanol–water partition coefficient (Wildman–Crippen LogP) is 4.42. The van der Waals surface area contributed by atoms with Gasteiger partial charge in [0.25, 0.3) is 0 Å². The standard InChI is InChI=1S/C14H11BrN2O2S/c1-18-10-5-6-20-13(10)12-11(14(16)19-17-12)8-3-2-4-9(15)7-8/h2-7H,16H2,1H3. The lowest BCUT2D eigenvalue weighted by Gasteiger charge is -2.04. The molecule has 102 valence electrons. The number of nitrogen functional groups attached to an aromatic ring is 1. The largest absolute Gasteiger partial charge is 0.495 e. The fraction of sp³-hybridized carbons (Fsp3) is 0.0714. The van der Waals surface area contributed by atoms with Crippen LogP contribution in [0.3, 0.4) is 0 Å². The third-order valence-electron chi connectivity index (χ3n) is 2.90. The zero-order valence-electron chi connectivity index (χ0n) is 10.6. The summed E-state index contributed by atoms with van der Waals surface area (Å²) < 4.78 is 11.5. The Bertz CT molecular complexity index is 751. The van der Waals surface area contributed by atoms with Crippen molar-refractivity contribution in [2.45, 2.75) is 0 Å². The molecule has 2 heterocycles. The van der Waals surface area contributed by atoms with Gasteiger partial charge in [0, 0.05) is 4.47 Å². The van der Waals surface area contributed by atoms with Crippen molar-refractivity contribution < 1.29 is 9.26 Å². The predicted molar refractivity (Wildman–Crippen MR) is 83.9 cm³/mol. The van der Waals surface area contributed by atoms with Crippen molar-refractivity contribution in [3.63, 3.8) is 0 Å². The molecule has 4 nitrogen and oxygen atoms in total. The van der Waals surface area contributed by atoms with Gasteiger partial charge in [-0.2, -0.15) is 0 Å². The lowest BCUT2D eigenvalue weighted by atomic mass is 10.0. The molecule has 0 saturated carbocycles. The first-order chi connectivity index (χ1) is 9.70. The minimum Gasteiger partial charge on any atom is -0.495 e. The first kappa shape index (κ1) is 13.2. The molecule has 0 bridgehead atoms. The first-order valence-corrected chi connectivity index (χ1v) is 7.51. The van der Waals surface area contributed by atoms with E-state index in [-0.39, 0.29) is 0 Å². The number of thiophene rings is 1. The molecule has 0 amide bonds. The Balaban J connectivity index is 2.20. The molecule has 20 heavy (non-hydrogen) atoms. The van der Waals surface area contributed by atoms with Gasteiger partial charge in [-0.15, -0.1) is 11.3 Å². The number of nitrogens with two attached hydrogens (primary N) is 1. The highest BCUT2D eigenvalue weighted by atomic mass is 79.9. The van der Waals surface area contributed by atoms with Crippen molar-refractivity contribution >= 4 is 33.2 Å². The van der Waals surface area contributed by atoms with Crippen molar-refractivity contribution in [1.29, 1.82) is 0 Å². The van der Waals surface area contributed by atoms with Crippen LogP contribution in [-0.4, -0.2) is 12.3 Å². The number of benzene rings is 1. The zero-order valence-corrected chi connectivity index (χ0v) is 13.0. The normalized spacial score (nSPS) is 10.7. The molecule has 0 unspecified atom stereocenters. The van der Waals surface area contributed by atoms with Gasteiger partial charge >= 0.3 is 0 Å². The van der Waals surface area contributed by atoms with Crippen LogP contribution >= 0.6 is 27.3 Å². The number of rotatable bonds is 3. The summed E-state index contributed by atoms with van der Waals surface area (Å²) in [6, 6.07) is 9.75. The number of methoxy groups -OCH3 is 1. The van der Waals surface area contributed by atoms with Gasteiger partial charge < -0.3 is 15.0 Å². The summed E-state index contributed by atoms with van der Waals surface area (Å²) in [5.74, 6) is 1.06. The highest BCUT2D eigenvalue weighted by Crippen LogP contribution is 2.43. The van der Waals surface area contributed by atoms with Crippen LogP contribution in [0.2, 0.25) is 0 Å². The smallest absolute Gasteiger partial charge is 0.230 e. The van der Waals surface area contributed by atoms with E-state index in [0.29, 0.717) is 11.6 Å². The molecular formula is C14H11BrN2O2S. The second-order valence-electron chi connectivity index (χ2n) is 4.10. The van der Waals surface area contributed by atoms with Gasteiger partial charge in [0.1, 0.15) is 11.4 Å². The van der Waals surface area contributed by atoms with Gasteiger partial charge in [-0.05, 0) is 29.1 Å². The Morgan fingerprint density at radius 1 is 1.35 bits per heavy atom. The number of nitrogens with zero attached hydrogens (tertiary/aromatic N) is 1. The van der Waals surface area contributed by atoms with Crippen LogP contribution in [0, 0.1) is 0 Å². The van der Waals surface area contributed by atoms with E-state index in [1.807, 2.05) is 35.7 Å². The molecule has 0 aliphatic heterocycles. The summed E-state index contributed by atoms with van der Waals surface area (Å²) in [4.78, 5) is 0.905. The van der Waals surface area contributed by atoms with Crippen LogP contribution in [0.5, 0.6) is 5.75 Å². The van der Waals surface area contributed by atoms with Crippen LogP contribution in [0.25, 0.3) is 21.7 Å². The molecule has 1 aromatic carbocycles. The maximum absolute atomic E-state index is 5.94. The summed E-state index contributed by atoms with van der Waals surface area (Å²) in [7, 11) is 1.63. The molecule has 0 radical (unpaired) electrons. The maximum Gasteiger partial charge on any atom is 0.230 e. The second-order valence-corrected chi connectivity index (χ2v) is 5.93. The molecule has 0 atom stereocenters. The molecule has 0 fully saturated rings. The average Bonchev–Trinajstić information content (AvgIpc) is 3.04. The molecule has 0 spiro atoms. The molecule has 2 aromatic heterocycles. The Labute approximate surface area is 128 Å². The number of hydrogen-bond donors (Lipinski definition) is 1. The number of halogens is 1. The highest BCUT2D eigenvalue weighted by molar-refractivity contribution is 9.10. The number of hydrogen-bond acceptors (Lipinski definition) is 5. The second kappa shape index (κ2) is 5.30. The number of aromatic nitrogens is 1. The molecule has 6 heteroatoms. The van der Waals surface area contributed by atoms with Gasteiger partial charge in [0.05, 0.1) is 17.6 Å². The first-order valence-electron chi connectivity index (χ1n) is 5.83. The molecule has 0 saturated heterocycles. The maximum atomic E-state index is 5.94. The topological polar surface area (TPSA) is 61.3 Å². The van der Waals surface area contributed by atoms with Gasteiger partial charge in [0.2, 0.25) is 5.88 Å². The van der Waals surface area contributed by atoms with E-state index in [2.05, 4.69) is 21.1 Å². The third kappa shape index (κ3) is 2.21. The summed E-state index contributed by atoms with van der Waals surface area (Å²) >= 11 is 5.00. The van der Waals surface area contributed by atoms with E-state index >= 15 is 0 Å². The van der Waals surface area contributed by atoms with Crippen molar-refractivity contribution in [2.75, 3.05) is 12.8 Å². The quantitative estimate of drug-likeness (QED) is 0.759. The molecule has 3 rings (SSSR count). The Morgan fingerprint density at radius 2 is 2.20 bits per heavy atom. The Hall–Kier alpha value is -1.79. The lowest BCUT2D eigenvalue weighted by molar-refractivity contribution is 0.416. The zero-order chi connectivity index (χ0) is 14.1. The van der Waals surface area contributed by atoms with E-state index in [0.717, 1.165) is 26.2 Å². The van der Waals surface area contributed by atoms with Crippen LogP contribution in [-0.2, 0) is 0 Å². The van der Waals surface area contributed by atoms with Crippen molar-refractivity contribution in [2.24, 2.45) is 0 Å². The van der Waals surface area contributed by atoms with E-state index < -0.39 is 0 Å². The number of ether oxygens (including phenoxy) is 1. The lowest BCUT2D eigenvalue weighted by Crippen LogP contribution is -1.88. The average molecular weight is 351 g/mol. The molecule has 0 aliphatic carbocycles. The van der Waals surface area contributed by atoms with E-state index in [9.17, 15) is 0 Å². The molecule has 3 aromatic rings. The fourth-order valence-corrected chi connectivity index (χ4v) is 3.26. The van der Waals surface area contributed by atoms with Crippen molar-refractivity contribution in [3.05, 3.63) is 40.2 Å². The molecular weight excluding hydrogens is 340 g/mol. The van der Waals surface area contributed by atoms with Crippen molar-refractivity contribution in [3.8, 4) is 27.4 Å². The fourth-order valence-electron chi connectivity index (χ4n) is 2.01. The van der Waals surface area contributed by atoms with Gasteiger partial charge in [0.15, 0.2) is 0 Å². The Kier molecular flexibility index (Phi) is 3.50.